The van der Waals surface area contributed by atoms with Gasteiger partial charge in [-0.3, -0.25) is 4.79 Å². The molecule has 0 aliphatic rings. The van der Waals surface area contributed by atoms with Crippen molar-refractivity contribution >= 4 is 18.0 Å². The molecule has 0 heterocycles. The van der Waals surface area contributed by atoms with E-state index in [-0.39, 0.29) is 5.92 Å². The van der Waals surface area contributed by atoms with Crippen LogP contribution in [0.3, 0.4) is 0 Å². The first kappa shape index (κ1) is 20.2. The smallest absolute Gasteiger partial charge is 0.408 e. The number of amides is 2. The molecule has 0 saturated carbocycles. The minimum atomic E-state index is -0.825. The lowest BCUT2D eigenvalue weighted by Gasteiger charge is -2.23. The van der Waals surface area contributed by atoms with Crippen LogP contribution in [-0.2, 0) is 19.1 Å². The minimum absolute atomic E-state index is 0.207. The Kier molecular flexibility index (Phi) is 7.90. The van der Waals surface area contributed by atoms with Crippen LogP contribution in [0.5, 0.6) is 0 Å². The fourth-order valence-corrected chi connectivity index (χ4v) is 1.67. The normalized spacial score (nSPS) is 14.0. The summed E-state index contributed by atoms with van der Waals surface area (Å²) in [5.74, 6) is -0.771. The van der Waals surface area contributed by atoms with Crippen molar-refractivity contribution in [2.75, 3.05) is 7.11 Å². The fraction of sp³-hybridized carbons (Fsp3) is 0.800. The molecule has 0 fully saturated rings. The van der Waals surface area contributed by atoms with Crippen LogP contribution in [0.4, 0.5) is 4.79 Å². The number of carbonyl (C=O) groups excluding carboxylic acids is 3. The van der Waals surface area contributed by atoms with Gasteiger partial charge in [0.15, 0.2) is 0 Å². The van der Waals surface area contributed by atoms with Gasteiger partial charge in [0.2, 0.25) is 5.91 Å². The molecule has 0 aromatic rings. The van der Waals surface area contributed by atoms with Crippen molar-refractivity contribution in [3.05, 3.63) is 0 Å². The number of esters is 1. The molecule has 0 aliphatic heterocycles. The van der Waals surface area contributed by atoms with Crippen molar-refractivity contribution in [1.29, 1.82) is 0 Å². The maximum absolute atomic E-state index is 12.1. The number of hydrogen-bond donors (Lipinski definition) is 2. The summed E-state index contributed by atoms with van der Waals surface area (Å²) >= 11 is 0. The molecular formula is C15H28N2O5. The van der Waals surface area contributed by atoms with E-state index in [1.54, 1.807) is 20.8 Å². The number of methoxy groups -OCH3 is 1. The lowest BCUT2D eigenvalue weighted by molar-refractivity contribution is -0.145. The summed E-state index contributed by atoms with van der Waals surface area (Å²) in [4.78, 5) is 35.4. The Morgan fingerprint density at radius 1 is 1.05 bits per heavy atom. The van der Waals surface area contributed by atoms with Gasteiger partial charge < -0.3 is 20.1 Å². The molecule has 0 bridgehead atoms. The van der Waals surface area contributed by atoms with Crippen molar-refractivity contribution in [3.63, 3.8) is 0 Å². The topological polar surface area (TPSA) is 93.7 Å². The van der Waals surface area contributed by atoms with E-state index in [1.165, 1.54) is 14.0 Å². The highest BCUT2D eigenvalue weighted by atomic mass is 16.6. The van der Waals surface area contributed by atoms with Gasteiger partial charge in [-0.05, 0) is 40.0 Å². The molecule has 0 rings (SSSR count). The predicted octanol–water partition coefficient (Wildman–Crippen LogP) is 1.60. The highest BCUT2D eigenvalue weighted by Crippen LogP contribution is 2.08. The Labute approximate surface area is 132 Å². The second kappa shape index (κ2) is 8.60. The van der Waals surface area contributed by atoms with E-state index in [1.807, 2.05) is 13.8 Å². The molecule has 22 heavy (non-hydrogen) atoms. The average molecular weight is 316 g/mol. The summed E-state index contributed by atoms with van der Waals surface area (Å²) in [6.45, 7) is 10.6. The summed E-state index contributed by atoms with van der Waals surface area (Å²) in [6, 6.07) is -1.56. The fourth-order valence-electron chi connectivity index (χ4n) is 1.67. The van der Waals surface area contributed by atoms with Crippen LogP contribution in [0, 0.1) is 5.92 Å². The van der Waals surface area contributed by atoms with Crippen LogP contribution < -0.4 is 10.6 Å². The lowest BCUT2D eigenvalue weighted by atomic mass is 10.0. The zero-order valence-electron chi connectivity index (χ0n) is 14.5. The van der Waals surface area contributed by atoms with Gasteiger partial charge >= 0.3 is 12.1 Å². The zero-order chi connectivity index (χ0) is 17.5. The molecule has 0 aliphatic carbocycles. The van der Waals surface area contributed by atoms with E-state index in [2.05, 4.69) is 15.4 Å². The maximum Gasteiger partial charge on any atom is 0.408 e. The quantitative estimate of drug-likeness (QED) is 0.726. The van der Waals surface area contributed by atoms with Gasteiger partial charge in [-0.2, -0.15) is 0 Å². The first-order chi connectivity index (χ1) is 9.96. The molecule has 0 aromatic carbocycles. The number of carbonyl (C=O) groups is 3. The highest BCUT2D eigenvalue weighted by molar-refractivity contribution is 5.89. The number of hydrogen-bond acceptors (Lipinski definition) is 5. The molecule has 0 spiro atoms. The Bertz CT molecular complexity index is 401. The van der Waals surface area contributed by atoms with E-state index in [0.717, 1.165) is 0 Å². The Morgan fingerprint density at radius 2 is 1.59 bits per heavy atom. The SMILES string of the molecule is COC(=O)[C@H](CC(C)C)NC(=O)C(C)NC(=O)OC(C)(C)C. The van der Waals surface area contributed by atoms with Gasteiger partial charge in [-0.1, -0.05) is 13.8 Å². The van der Waals surface area contributed by atoms with Crippen LogP contribution >= 0.6 is 0 Å². The molecule has 2 amide bonds. The maximum atomic E-state index is 12.1. The van der Waals surface area contributed by atoms with Gasteiger partial charge in [0.05, 0.1) is 7.11 Å². The number of alkyl carbamates (subject to hydrolysis) is 1. The Hall–Kier alpha value is -1.79. The predicted molar refractivity (Wildman–Crippen MR) is 82.2 cm³/mol. The van der Waals surface area contributed by atoms with Gasteiger partial charge in [-0.15, -0.1) is 0 Å². The molecule has 7 nitrogen and oxygen atoms in total. The van der Waals surface area contributed by atoms with E-state index in [0.29, 0.717) is 6.42 Å². The molecule has 0 radical (unpaired) electrons. The van der Waals surface area contributed by atoms with Crippen molar-refractivity contribution in [1.82, 2.24) is 10.6 Å². The molecule has 1 unspecified atom stereocenters. The van der Waals surface area contributed by atoms with Crippen LogP contribution in [0.1, 0.15) is 48.0 Å². The van der Waals surface area contributed by atoms with Crippen LogP contribution in [0.2, 0.25) is 0 Å². The van der Waals surface area contributed by atoms with Crippen LogP contribution in [-0.4, -0.2) is 42.8 Å². The summed E-state index contributed by atoms with van der Waals surface area (Å²) in [6.07, 6.45) is -0.231. The average Bonchev–Trinajstić information content (AvgIpc) is 2.33. The number of nitrogens with one attached hydrogen (secondary N) is 2. The van der Waals surface area contributed by atoms with E-state index in [4.69, 9.17) is 4.74 Å². The summed E-state index contributed by atoms with van der Waals surface area (Å²) in [7, 11) is 1.27. The molecule has 7 heteroatoms. The molecule has 0 saturated heterocycles. The third-order valence-corrected chi connectivity index (χ3v) is 2.64. The summed E-state index contributed by atoms with van der Waals surface area (Å²) in [5.41, 5.74) is -0.646. The van der Waals surface area contributed by atoms with Gasteiger partial charge in [0.25, 0.3) is 0 Å². The first-order valence-electron chi connectivity index (χ1n) is 7.34. The van der Waals surface area contributed by atoms with Crippen LogP contribution in [0.15, 0.2) is 0 Å². The first-order valence-corrected chi connectivity index (χ1v) is 7.34. The third kappa shape index (κ3) is 8.49. The van der Waals surface area contributed by atoms with E-state index in [9.17, 15) is 14.4 Å². The summed E-state index contributed by atoms with van der Waals surface area (Å²) in [5, 5.41) is 5.01. The lowest BCUT2D eigenvalue weighted by Crippen LogP contribution is -2.51. The third-order valence-electron chi connectivity index (χ3n) is 2.64. The zero-order valence-corrected chi connectivity index (χ0v) is 14.5. The Balaban J connectivity index is 4.59. The number of rotatable bonds is 6. The van der Waals surface area contributed by atoms with Gasteiger partial charge in [0.1, 0.15) is 17.7 Å². The monoisotopic (exact) mass is 316 g/mol. The van der Waals surface area contributed by atoms with E-state index < -0.39 is 35.7 Å². The van der Waals surface area contributed by atoms with Crippen LogP contribution in [0.25, 0.3) is 0 Å². The van der Waals surface area contributed by atoms with Crippen molar-refractivity contribution in [3.8, 4) is 0 Å². The summed E-state index contributed by atoms with van der Waals surface area (Å²) < 4.78 is 9.75. The second-order valence-corrected chi connectivity index (χ2v) is 6.58. The molecular weight excluding hydrogens is 288 g/mol. The van der Waals surface area contributed by atoms with Gasteiger partial charge in [-0.25, -0.2) is 9.59 Å². The van der Waals surface area contributed by atoms with E-state index >= 15 is 0 Å². The molecule has 0 aromatic heterocycles. The Morgan fingerprint density at radius 3 is 2.00 bits per heavy atom. The highest BCUT2D eigenvalue weighted by Gasteiger charge is 2.26. The largest absolute Gasteiger partial charge is 0.467 e. The molecule has 2 N–H and O–H groups in total. The molecule has 128 valence electrons. The van der Waals surface area contributed by atoms with Crippen molar-refractivity contribution in [2.45, 2.75) is 65.6 Å². The molecule has 2 atom stereocenters. The van der Waals surface area contributed by atoms with Gasteiger partial charge in [0, 0.05) is 0 Å². The van der Waals surface area contributed by atoms with Crippen molar-refractivity contribution in [2.24, 2.45) is 5.92 Å². The minimum Gasteiger partial charge on any atom is -0.467 e. The number of ether oxygens (including phenoxy) is 2. The second-order valence-electron chi connectivity index (χ2n) is 6.58. The van der Waals surface area contributed by atoms with Crippen molar-refractivity contribution < 1.29 is 23.9 Å². The standard InChI is InChI=1S/C15H28N2O5/c1-9(2)8-11(13(19)21-7)17-12(18)10(3)16-14(20)22-15(4,5)6/h9-11H,8H2,1-7H3,(H,16,20)(H,17,18)/t10?,11-/m0/s1.